The van der Waals surface area contributed by atoms with Crippen LogP contribution in [0.4, 0.5) is 0 Å². The molecule has 0 aromatic heterocycles. The van der Waals surface area contributed by atoms with Gasteiger partial charge in [0.1, 0.15) is 6.04 Å². The standard InChI is InChI=1S/C14H18N2O2/c1-9(2)12(13(17)15-3)16-8-10-6-4-5-7-11(10)14(16)18/h4-7,9,12H,8H2,1-3H3,(H,15,17)/t12-/m0/s1. The minimum Gasteiger partial charge on any atom is -0.357 e. The van der Waals surface area contributed by atoms with Gasteiger partial charge in [0.2, 0.25) is 5.91 Å². The first-order valence-electron chi connectivity index (χ1n) is 6.16. The molecular formula is C14H18N2O2. The second kappa shape index (κ2) is 4.80. The summed E-state index contributed by atoms with van der Waals surface area (Å²) >= 11 is 0. The van der Waals surface area contributed by atoms with Gasteiger partial charge in [-0.05, 0) is 17.5 Å². The Morgan fingerprint density at radius 1 is 1.33 bits per heavy atom. The summed E-state index contributed by atoms with van der Waals surface area (Å²) in [5.41, 5.74) is 1.71. The number of rotatable bonds is 3. The van der Waals surface area contributed by atoms with Gasteiger partial charge in [-0.3, -0.25) is 9.59 Å². The lowest BCUT2D eigenvalue weighted by Crippen LogP contribution is -2.49. The second-order valence-electron chi connectivity index (χ2n) is 4.89. The summed E-state index contributed by atoms with van der Waals surface area (Å²) in [6.45, 7) is 4.43. The van der Waals surface area contributed by atoms with Gasteiger partial charge in [0.15, 0.2) is 0 Å². The van der Waals surface area contributed by atoms with Crippen molar-refractivity contribution in [2.45, 2.75) is 26.4 Å². The summed E-state index contributed by atoms with van der Waals surface area (Å²) in [4.78, 5) is 25.9. The van der Waals surface area contributed by atoms with Crippen molar-refractivity contribution < 1.29 is 9.59 Å². The first-order valence-corrected chi connectivity index (χ1v) is 6.16. The van der Waals surface area contributed by atoms with Crippen LogP contribution >= 0.6 is 0 Å². The zero-order chi connectivity index (χ0) is 13.3. The van der Waals surface area contributed by atoms with Crippen LogP contribution in [-0.2, 0) is 11.3 Å². The molecule has 2 amide bonds. The molecule has 2 rings (SSSR count). The quantitative estimate of drug-likeness (QED) is 0.876. The van der Waals surface area contributed by atoms with Crippen LogP contribution in [0.1, 0.15) is 29.8 Å². The maximum atomic E-state index is 12.3. The number of nitrogens with one attached hydrogen (secondary N) is 1. The van der Waals surface area contributed by atoms with Crippen LogP contribution < -0.4 is 5.32 Å². The van der Waals surface area contributed by atoms with E-state index in [2.05, 4.69) is 5.32 Å². The lowest BCUT2D eigenvalue weighted by Gasteiger charge is -2.29. The molecule has 0 bridgehead atoms. The summed E-state index contributed by atoms with van der Waals surface area (Å²) in [7, 11) is 1.60. The fraction of sp³-hybridized carbons (Fsp3) is 0.429. The Labute approximate surface area is 107 Å². The van der Waals surface area contributed by atoms with Crippen molar-refractivity contribution in [3.63, 3.8) is 0 Å². The van der Waals surface area contributed by atoms with E-state index in [1.54, 1.807) is 11.9 Å². The third kappa shape index (κ3) is 1.98. The van der Waals surface area contributed by atoms with E-state index in [9.17, 15) is 9.59 Å². The van der Waals surface area contributed by atoms with E-state index < -0.39 is 6.04 Å². The van der Waals surface area contributed by atoms with Crippen molar-refractivity contribution in [1.82, 2.24) is 10.2 Å². The van der Waals surface area contributed by atoms with E-state index in [0.717, 1.165) is 5.56 Å². The van der Waals surface area contributed by atoms with Crippen LogP contribution in [0.2, 0.25) is 0 Å². The molecule has 1 N–H and O–H groups in total. The molecule has 1 atom stereocenters. The van der Waals surface area contributed by atoms with E-state index in [0.29, 0.717) is 12.1 Å². The second-order valence-corrected chi connectivity index (χ2v) is 4.89. The van der Waals surface area contributed by atoms with Crippen LogP contribution in [0.25, 0.3) is 0 Å². The van der Waals surface area contributed by atoms with Gasteiger partial charge in [0.25, 0.3) is 5.91 Å². The first kappa shape index (κ1) is 12.6. The highest BCUT2D eigenvalue weighted by molar-refractivity contribution is 6.01. The molecule has 1 aromatic rings. The molecule has 1 heterocycles. The van der Waals surface area contributed by atoms with E-state index in [-0.39, 0.29) is 17.7 Å². The first-order chi connectivity index (χ1) is 8.56. The van der Waals surface area contributed by atoms with Gasteiger partial charge >= 0.3 is 0 Å². The smallest absolute Gasteiger partial charge is 0.255 e. The Balaban J connectivity index is 2.31. The summed E-state index contributed by atoms with van der Waals surface area (Å²) in [5.74, 6) is -0.0673. The molecule has 0 aliphatic carbocycles. The molecule has 0 fully saturated rings. The third-order valence-electron chi connectivity index (χ3n) is 3.33. The molecule has 1 aliphatic heterocycles. The number of fused-ring (bicyclic) bond motifs is 1. The minimum atomic E-state index is -0.408. The highest BCUT2D eigenvalue weighted by Gasteiger charge is 2.37. The van der Waals surface area contributed by atoms with Gasteiger partial charge in [-0.1, -0.05) is 32.0 Å². The molecule has 18 heavy (non-hydrogen) atoms. The zero-order valence-electron chi connectivity index (χ0n) is 10.9. The largest absolute Gasteiger partial charge is 0.357 e. The highest BCUT2D eigenvalue weighted by atomic mass is 16.2. The fourth-order valence-electron chi connectivity index (χ4n) is 2.45. The number of carbonyl (C=O) groups is 2. The lowest BCUT2D eigenvalue weighted by atomic mass is 10.0. The normalized spacial score (nSPS) is 15.8. The minimum absolute atomic E-state index is 0.0482. The SMILES string of the molecule is CNC(=O)[C@H](C(C)C)N1Cc2ccccc2C1=O. The van der Waals surface area contributed by atoms with Crippen LogP contribution in [0.3, 0.4) is 0 Å². The predicted octanol–water partition coefficient (Wildman–Crippen LogP) is 1.41. The molecule has 1 aliphatic rings. The van der Waals surface area contributed by atoms with E-state index in [4.69, 9.17) is 0 Å². The Morgan fingerprint density at radius 2 is 2.00 bits per heavy atom. The van der Waals surface area contributed by atoms with Crippen molar-refractivity contribution in [3.05, 3.63) is 35.4 Å². The topological polar surface area (TPSA) is 49.4 Å². The number of hydrogen-bond donors (Lipinski definition) is 1. The summed E-state index contributed by atoms with van der Waals surface area (Å²) in [6.07, 6.45) is 0. The summed E-state index contributed by atoms with van der Waals surface area (Å²) in [5, 5.41) is 2.64. The summed E-state index contributed by atoms with van der Waals surface area (Å²) < 4.78 is 0. The molecular weight excluding hydrogens is 228 g/mol. The molecule has 0 unspecified atom stereocenters. The van der Waals surface area contributed by atoms with Crippen molar-refractivity contribution in [1.29, 1.82) is 0 Å². The molecule has 0 saturated heterocycles. The number of likely N-dealkylation sites (N-methyl/N-ethyl adjacent to an activating group) is 1. The van der Waals surface area contributed by atoms with Gasteiger partial charge in [-0.2, -0.15) is 0 Å². The molecule has 96 valence electrons. The molecule has 4 nitrogen and oxygen atoms in total. The van der Waals surface area contributed by atoms with Crippen molar-refractivity contribution in [2.24, 2.45) is 5.92 Å². The average molecular weight is 246 g/mol. The molecule has 4 heteroatoms. The van der Waals surface area contributed by atoms with Crippen LogP contribution in [0.15, 0.2) is 24.3 Å². The Bertz CT molecular complexity index is 482. The Hall–Kier alpha value is -1.84. The maximum Gasteiger partial charge on any atom is 0.255 e. The molecule has 1 aromatic carbocycles. The summed E-state index contributed by atoms with van der Waals surface area (Å²) in [6, 6.07) is 7.12. The lowest BCUT2D eigenvalue weighted by molar-refractivity contribution is -0.126. The number of amides is 2. The highest BCUT2D eigenvalue weighted by Crippen LogP contribution is 2.26. The molecule has 0 spiro atoms. The molecule has 0 saturated carbocycles. The number of hydrogen-bond acceptors (Lipinski definition) is 2. The van der Waals surface area contributed by atoms with Crippen LogP contribution in [0, 0.1) is 5.92 Å². The van der Waals surface area contributed by atoms with Gasteiger partial charge in [-0.25, -0.2) is 0 Å². The van der Waals surface area contributed by atoms with Crippen molar-refractivity contribution in [3.8, 4) is 0 Å². The van der Waals surface area contributed by atoms with Crippen molar-refractivity contribution in [2.75, 3.05) is 7.05 Å². The van der Waals surface area contributed by atoms with Gasteiger partial charge in [0.05, 0.1) is 0 Å². The molecule has 0 radical (unpaired) electrons. The van der Waals surface area contributed by atoms with Gasteiger partial charge in [-0.15, -0.1) is 0 Å². The third-order valence-corrected chi connectivity index (χ3v) is 3.33. The monoisotopic (exact) mass is 246 g/mol. The zero-order valence-corrected chi connectivity index (χ0v) is 10.9. The number of nitrogens with zero attached hydrogens (tertiary/aromatic N) is 1. The Kier molecular flexibility index (Phi) is 3.36. The van der Waals surface area contributed by atoms with Crippen LogP contribution in [-0.4, -0.2) is 29.8 Å². The predicted molar refractivity (Wildman–Crippen MR) is 69.0 cm³/mol. The Morgan fingerprint density at radius 3 is 2.56 bits per heavy atom. The average Bonchev–Trinajstić information content (AvgIpc) is 2.67. The van der Waals surface area contributed by atoms with E-state index >= 15 is 0 Å². The van der Waals surface area contributed by atoms with Crippen molar-refractivity contribution >= 4 is 11.8 Å². The number of carbonyl (C=O) groups excluding carboxylic acids is 2. The van der Waals surface area contributed by atoms with Gasteiger partial charge in [0, 0.05) is 19.2 Å². The van der Waals surface area contributed by atoms with Gasteiger partial charge < -0.3 is 10.2 Å². The maximum absolute atomic E-state index is 12.3. The van der Waals surface area contributed by atoms with E-state index in [1.165, 1.54) is 0 Å². The number of benzene rings is 1. The van der Waals surface area contributed by atoms with E-state index in [1.807, 2.05) is 38.1 Å². The fourth-order valence-corrected chi connectivity index (χ4v) is 2.45. The van der Waals surface area contributed by atoms with Crippen LogP contribution in [0.5, 0.6) is 0 Å².